The fraction of sp³-hybridized carbons (Fsp3) is 0.200. The Morgan fingerprint density at radius 2 is 2.44 bits per heavy atom. The van der Waals surface area contributed by atoms with Crippen molar-refractivity contribution in [2.45, 2.75) is 0 Å². The Balaban J connectivity index is 2.46. The van der Waals surface area contributed by atoms with Gasteiger partial charge in [-0.3, -0.25) is 4.99 Å². The van der Waals surface area contributed by atoms with E-state index in [0.717, 1.165) is 5.57 Å². The average Bonchev–Trinajstić information content (AvgIpc) is 2.33. The van der Waals surface area contributed by atoms with E-state index in [1.807, 2.05) is 0 Å². The van der Waals surface area contributed by atoms with Gasteiger partial charge in [0.1, 0.15) is 6.67 Å². The van der Waals surface area contributed by atoms with E-state index in [9.17, 15) is 0 Å². The van der Waals surface area contributed by atoms with Gasteiger partial charge in [0.15, 0.2) is 5.84 Å². The van der Waals surface area contributed by atoms with Crippen molar-refractivity contribution in [1.29, 1.82) is 0 Å². The average molecular weight is 120 g/mol. The van der Waals surface area contributed by atoms with Crippen molar-refractivity contribution < 1.29 is 0 Å². The highest BCUT2D eigenvalue weighted by Crippen LogP contribution is 2.09. The zero-order chi connectivity index (χ0) is 6.10. The van der Waals surface area contributed by atoms with Crippen molar-refractivity contribution in [2.24, 2.45) is 20.2 Å². The summed E-state index contributed by atoms with van der Waals surface area (Å²) in [6.07, 6.45) is 3.39. The molecule has 0 N–H and O–H groups in total. The Morgan fingerprint density at radius 1 is 1.44 bits per heavy atom. The maximum atomic E-state index is 3.98. The molecular weight excluding hydrogens is 116 g/mol. The molecule has 4 nitrogen and oxygen atoms in total. The number of hydrogen-bond donors (Lipinski definition) is 0. The molecule has 9 heavy (non-hydrogen) atoms. The Morgan fingerprint density at radius 3 is 3.33 bits per heavy atom. The Labute approximate surface area is 51.7 Å². The summed E-state index contributed by atoms with van der Waals surface area (Å²) >= 11 is 0. The third-order valence-corrected chi connectivity index (χ3v) is 1.14. The maximum absolute atomic E-state index is 3.98. The number of fused-ring (bicyclic) bond motifs is 1. The quantitative estimate of drug-likeness (QED) is 0.453. The number of nitrogens with zero attached hydrogens (tertiary/aromatic N) is 4. The zero-order valence-corrected chi connectivity index (χ0v) is 4.65. The van der Waals surface area contributed by atoms with E-state index in [2.05, 4.69) is 20.2 Å². The van der Waals surface area contributed by atoms with Crippen LogP contribution in [0.25, 0.3) is 0 Å². The second kappa shape index (κ2) is 1.58. The molecule has 0 bridgehead atoms. The van der Waals surface area contributed by atoms with Gasteiger partial charge < -0.3 is 0 Å². The van der Waals surface area contributed by atoms with Crippen LogP contribution in [0.4, 0.5) is 0 Å². The molecule has 2 aliphatic heterocycles. The van der Waals surface area contributed by atoms with Crippen LogP contribution in [0.5, 0.6) is 0 Å². The smallest absolute Gasteiger partial charge is 0.182 e. The minimum absolute atomic E-state index is 0.492. The lowest BCUT2D eigenvalue weighted by Crippen LogP contribution is -2.02. The van der Waals surface area contributed by atoms with Crippen LogP contribution in [0.2, 0.25) is 0 Å². The minimum atomic E-state index is 0.492. The van der Waals surface area contributed by atoms with Gasteiger partial charge in [0.05, 0.1) is 11.8 Å². The maximum Gasteiger partial charge on any atom is 0.182 e. The summed E-state index contributed by atoms with van der Waals surface area (Å²) in [5, 5.41) is 7.42. The van der Waals surface area contributed by atoms with Crippen molar-refractivity contribution >= 4 is 12.1 Å². The first kappa shape index (κ1) is 4.55. The van der Waals surface area contributed by atoms with Crippen LogP contribution in [-0.4, -0.2) is 18.7 Å². The summed E-state index contributed by atoms with van der Waals surface area (Å²) in [6.45, 7) is 0.492. The van der Waals surface area contributed by atoms with E-state index in [4.69, 9.17) is 0 Å². The molecule has 0 radical (unpaired) electrons. The third-order valence-electron chi connectivity index (χ3n) is 1.14. The van der Waals surface area contributed by atoms with Crippen molar-refractivity contribution in [2.75, 3.05) is 6.67 Å². The third kappa shape index (κ3) is 0.595. The molecule has 0 aliphatic carbocycles. The van der Waals surface area contributed by atoms with Crippen LogP contribution >= 0.6 is 0 Å². The largest absolute Gasteiger partial charge is 0.269 e. The number of azo groups is 1. The Kier molecular flexibility index (Phi) is 0.798. The van der Waals surface area contributed by atoms with Crippen LogP contribution in [0, 0.1) is 0 Å². The molecule has 0 aromatic carbocycles. The number of aliphatic imine (C=N–C) groups is 2. The van der Waals surface area contributed by atoms with Gasteiger partial charge in [-0.15, -0.1) is 5.11 Å². The van der Waals surface area contributed by atoms with E-state index >= 15 is 0 Å². The molecule has 0 saturated heterocycles. The first-order valence-corrected chi connectivity index (χ1v) is 2.62. The molecule has 2 heterocycles. The Hall–Kier alpha value is -1.32. The van der Waals surface area contributed by atoms with Crippen LogP contribution in [0.15, 0.2) is 32.0 Å². The van der Waals surface area contributed by atoms with Crippen LogP contribution < -0.4 is 0 Å². The predicted molar refractivity (Wildman–Crippen MR) is 33.7 cm³/mol. The molecule has 0 aromatic rings. The lowest BCUT2D eigenvalue weighted by Gasteiger charge is -1.97. The highest BCUT2D eigenvalue weighted by atomic mass is 15.2. The standard InChI is InChI=1S/C5H4N4/c1-4-2-8-9-5(4)7-3-6-1/h1-2H,3H2. The monoisotopic (exact) mass is 120 g/mol. The van der Waals surface area contributed by atoms with Crippen LogP contribution in [-0.2, 0) is 0 Å². The fourth-order valence-corrected chi connectivity index (χ4v) is 0.722. The van der Waals surface area contributed by atoms with E-state index in [1.54, 1.807) is 12.4 Å². The first-order valence-electron chi connectivity index (χ1n) is 2.62. The van der Waals surface area contributed by atoms with E-state index in [0.29, 0.717) is 12.5 Å². The topological polar surface area (TPSA) is 49.4 Å². The van der Waals surface area contributed by atoms with Crippen LogP contribution in [0.3, 0.4) is 0 Å². The number of rotatable bonds is 0. The van der Waals surface area contributed by atoms with E-state index in [-0.39, 0.29) is 0 Å². The van der Waals surface area contributed by atoms with Gasteiger partial charge in [0.25, 0.3) is 0 Å². The molecular formula is C5H4N4. The second-order valence-corrected chi connectivity index (χ2v) is 1.73. The molecule has 44 valence electrons. The molecule has 2 rings (SSSR count). The van der Waals surface area contributed by atoms with Gasteiger partial charge in [-0.05, 0) is 0 Å². The molecule has 0 atom stereocenters. The molecule has 0 unspecified atom stereocenters. The lowest BCUT2D eigenvalue weighted by atomic mass is 10.3. The molecule has 0 amide bonds. The molecule has 0 fully saturated rings. The van der Waals surface area contributed by atoms with Gasteiger partial charge in [0, 0.05) is 6.21 Å². The summed E-state index contributed by atoms with van der Waals surface area (Å²) in [5.74, 6) is 0.713. The summed E-state index contributed by atoms with van der Waals surface area (Å²) in [5.41, 5.74) is 0.918. The SMILES string of the molecule is C1=NCN=C2N=NC=C12. The minimum Gasteiger partial charge on any atom is -0.269 e. The van der Waals surface area contributed by atoms with Crippen LogP contribution in [0.1, 0.15) is 0 Å². The fourth-order valence-electron chi connectivity index (χ4n) is 0.722. The van der Waals surface area contributed by atoms with Crippen molar-refractivity contribution in [3.63, 3.8) is 0 Å². The Bertz CT molecular complexity index is 246. The predicted octanol–water partition coefficient (Wildman–Crippen LogP) is 0.777. The molecule has 0 spiro atoms. The van der Waals surface area contributed by atoms with Crippen molar-refractivity contribution in [3.05, 3.63) is 11.8 Å². The normalized spacial score (nSPS) is 21.3. The highest BCUT2D eigenvalue weighted by Gasteiger charge is 2.10. The molecule has 0 saturated carbocycles. The van der Waals surface area contributed by atoms with Gasteiger partial charge in [0.2, 0.25) is 0 Å². The van der Waals surface area contributed by atoms with Crippen molar-refractivity contribution in [3.8, 4) is 0 Å². The van der Waals surface area contributed by atoms with Crippen molar-refractivity contribution in [1.82, 2.24) is 0 Å². The zero-order valence-electron chi connectivity index (χ0n) is 4.65. The highest BCUT2D eigenvalue weighted by molar-refractivity contribution is 6.17. The van der Waals surface area contributed by atoms with E-state index in [1.165, 1.54) is 0 Å². The first-order chi connectivity index (χ1) is 4.47. The summed E-state index contributed by atoms with van der Waals surface area (Å²) < 4.78 is 0. The molecule has 4 heteroatoms. The lowest BCUT2D eigenvalue weighted by molar-refractivity contribution is 1.06. The molecule has 0 aromatic heterocycles. The summed E-state index contributed by atoms with van der Waals surface area (Å²) in [4.78, 5) is 7.90. The molecule has 2 aliphatic rings. The van der Waals surface area contributed by atoms with Gasteiger partial charge >= 0.3 is 0 Å². The van der Waals surface area contributed by atoms with Gasteiger partial charge in [-0.2, -0.15) is 5.11 Å². The summed E-state index contributed by atoms with van der Waals surface area (Å²) in [7, 11) is 0. The second-order valence-electron chi connectivity index (χ2n) is 1.73. The summed E-state index contributed by atoms with van der Waals surface area (Å²) in [6, 6.07) is 0. The van der Waals surface area contributed by atoms with E-state index < -0.39 is 0 Å². The van der Waals surface area contributed by atoms with Gasteiger partial charge in [-0.25, -0.2) is 4.99 Å². The number of hydrogen-bond acceptors (Lipinski definition) is 4. The van der Waals surface area contributed by atoms with Gasteiger partial charge in [-0.1, -0.05) is 0 Å². The number of amidine groups is 1.